The molecule has 6 heteroatoms. The second-order valence-electron chi connectivity index (χ2n) is 6.15. The Balaban J connectivity index is 3.08. The number of aromatic nitrogens is 2. The Morgan fingerprint density at radius 3 is 2.48 bits per heavy atom. The maximum atomic E-state index is 9.52. The summed E-state index contributed by atoms with van der Waals surface area (Å²) in [5, 5.41) is 22.7. The van der Waals surface area contributed by atoms with E-state index in [4.69, 9.17) is 5.11 Å². The maximum Gasteiger partial charge on any atom is 0.137 e. The highest BCUT2D eigenvalue weighted by Crippen LogP contribution is 2.29. The summed E-state index contributed by atoms with van der Waals surface area (Å²) < 4.78 is 0. The summed E-state index contributed by atoms with van der Waals surface area (Å²) in [5.74, 6) is 2.07. The molecule has 1 rings (SSSR count). The van der Waals surface area contributed by atoms with Crippen LogP contribution in [0.5, 0.6) is 0 Å². The first-order valence-electron chi connectivity index (χ1n) is 7.34. The third-order valence-electron chi connectivity index (χ3n) is 2.94. The number of nitrogens with one attached hydrogen (secondary N) is 1. The van der Waals surface area contributed by atoms with Crippen molar-refractivity contribution in [3.8, 4) is 0 Å². The molecular formula is C15H27N3O2S. The molecule has 5 nitrogen and oxygen atoms in total. The highest BCUT2D eigenvalue weighted by atomic mass is 32.2. The van der Waals surface area contributed by atoms with Crippen LogP contribution in [0.25, 0.3) is 0 Å². The summed E-state index contributed by atoms with van der Waals surface area (Å²) in [5.41, 5.74) is 0.855. The van der Waals surface area contributed by atoms with Gasteiger partial charge in [-0.15, -0.1) is 11.8 Å². The van der Waals surface area contributed by atoms with Crippen molar-refractivity contribution >= 4 is 17.6 Å². The zero-order valence-corrected chi connectivity index (χ0v) is 14.4. The second-order valence-corrected chi connectivity index (χ2v) is 7.16. The topological polar surface area (TPSA) is 78.3 Å². The molecule has 0 aromatic carbocycles. The number of hydrogen-bond acceptors (Lipinski definition) is 6. The summed E-state index contributed by atoms with van der Waals surface area (Å²) in [4.78, 5) is 9.28. The van der Waals surface area contributed by atoms with Gasteiger partial charge in [0.25, 0.3) is 0 Å². The summed E-state index contributed by atoms with van der Waals surface area (Å²) in [6, 6.07) is 0. The van der Waals surface area contributed by atoms with Crippen LogP contribution >= 0.6 is 11.8 Å². The maximum absolute atomic E-state index is 9.52. The molecule has 0 bridgehead atoms. The van der Waals surface area contributed by atoms with E-state index in [-0.39, 0.29) is 12.0 Å². The standard InChI is InChI=1S/C15H27N3O2S/c1-6-7-16-12-10(2)13(21-9-11(20)8-19)18-14(17-12)15(3,4)5/h11,19-20H,6-9H2,1-5H3,(H,16,17,18). The Morgan fingerprint density at radius 1 is 1.29 bits per heavy atom. The van der Waals surface area contributed by atoms with Crippen LogP contribution in [-0.4, -0.2) is 45.2 Å². The van der Waals surface area contributed by atoms with Gasteiger partial charge in [0.1, 0.15) is 16.7 Å². The monoisotopic (exact) mass is 313 g/mol. The van der Waals surface area contributed by atoms with Crippen LogP contribution in [0.2, 0.25) is 0 Å². The molecule has 0 amide bonds. The molecule has 3 N–H and O–H groups in total. The molecule has 0 aliphatic rings. The normalized spacial score (nSPS) is 13.3. The number of hydrogen-bond donors (Lipinski definition) is 3. The van der Waals surface area contributed by atoms with Crippen molar-refractivity contribution in [1.82, 2.24) is 9.97 Å². The van der Waals surface area contributed by atoms with E-state index in [1.165, 1.54) is 11.8 Å². The van der Waals surface area contributed by atoms with Gasteiger partial charge in [0.2, 0.25) is 0 Å². The predicted octanol–water partition coefficient (Wildman–Crippen LogP) is 2.35. The Kier molecular flexibility index (Phi) is 6.90. The lowest BCUT2D eigenvalue weighted by Gasteiger charge is -2.21. The minimum absolute atomic E-state index is 0.138. The number of aliphatic hydroxyl groups excluding tert-OH is 2. The smallest absolute Gasteiger partial charge is 0.137 e. The van der Waals surface area contributed by atoms with Crippen molar-refractivity contribution in [2.45, 2.75) is 57.6 Å². The van der Waals surface area contributed by atoms with Crippen molar-refractivity contribution < 1.29 is 10.2 Å². The van der Waals surface area contributed by atoms with Crippen LogP contribution in [-0.2, 0) is 5.41 Å². The van der Waals surface area contributed by atoms with Gasteiger partial charge >= 0.3 is 0 Å². The molecule has 0 aliphatic carbocycles. The van der Waals surface area contributed by atoms with Crippen LogP contribution in [0.4, 0.5) is 5.82 Å². The van der Waals surface area contributed by atoms with Crippen molar-refractivity contribution in [2.24, 2.45) is 0 Å². The summed E-state index contributed by atoms with van der Waals surface area (Å²) in [6.07, 6.45) is 0.300. The van der Waals surface area contributed by atoms with Crippen LogP contribution in [0.15, 0.2) is 5.03 Å². The Hall–Kier alpha value is -0.850. The van der Waals surface area contributed by atoms with Gasteiger partial charge in [-0.1, -0.05) is 27.7 Å². The molecule has 1 aromatic heterocycles. The second kappa shape index (κ2) is 7.96. The molecule has 1 unspecified atom stereocenters. The van der Waals surface area contributed by atoms with Crippen LogP contribution in [0.1, 0.15) is 45.5 Å². The minimum Gasteiger partial charge on any atom is -0.394 e. The first-order valence-corrected chi connectivity index (χ1v) is 8.32. The minimum atomic E-state index is -0.727. The van der Waals surface area contributed by atoms with E-state index in [0.717, 1.165) is 35.2 Å². The van der Waals surface area contributed by atoms with Gasteiger partial charge in [0.05, 0.1) is 12.7 Å². The molecule has 1 aromatic rings. The van der Waals surface area contributed by atoms with Gasteiger partial charge in [-0.2, -0.15) is 0 Å². The first kappa shape index (κ1) is 18.2. The lowest BCUT2D eigenvalue weighted by atomic mass is 9.95. The average molecular weight is 313 g/mol. The fourth-order valence-electron chi connectivity index (χ4n) is 1.62. The molecule has 120 valence electrons. The SMILES string of the molecule is CCCNc1nc(C(C)(C)C)nc(SCC(O)CO)c1C. The predicted molar refractivity (Wildman–Crippen MR) is 88.1 cm³/mol. The molecule has 1 heterocycles. The van der Waals surface area contributed by atoms with Gasteiger partial charge in [-0.05, 0) is 13.3 Å². The highest BCUT2D eigenvalue weighted by Gasteiger charge is 2.21. The van der Waals surface area contributed by atoms with Crippen molar-refractivity contribution in [1.29, 1.82) is 0 Å². The van der Waals surface area contributed by atoms with Gasteiger partial charge in [-0.3, -0.25) is 0 Å². The van der Waals surface area contributed by atoms with E-state index in [9.17, 15) is 5.11 Å². The molecule has 0 spiro atoms. The number of aliphatic hydroxyl groups is 2. The largest absolute Gasteiger partial charge is 0.394 e. The third kappa shape index (κ3) is 5.45. The quantitative estimate of drug-likeness (QED) is 0.530. The zero-order chi connectivity index (χ0) is 16.0. The lowest BCUT2D eigenvalue weighted by molar-refractivity contribution is 0.113. The number of nitrogens with zero attached hydrogens (tertiary/aromatic N) is 2. The summed E-state index contributed by atoms with van der Waals surface area (Å²) in [7, 11) is 0. The van der Waals surface area contributed by atoms with Crippen LogP contribution in [0.3, 0.4) is 0 Å². The Bertz CT molecular complexity index is 461. The molecule has 21 heavy (non-hydrogen) atoms. The van der Waals surface area contributed by atoms with E-state index in [0.29, 0.717) is 5.75 Å². The molecular weight excluding hydrogens is 286 g/mol. The van der Waals surface area contributed by atoms with Gasteiger partial charge in [-0.25, -0.2) is 9.97 Å². The molecule has 0 aliphatic heterocycles. The van der Waals surface area contributed by atoms with Gasteiger partial charge in [0.15, 0.2) is 0 Å². The van der Waals surface area contributed by atoms with Gasteiger partial charge < -0.3 is 15.5 Å². The van der Waals surface area contributed by atoms with Crippen LogP contribution in [0, 0.1) is 6.92 Å². The molecule has 0 saturated carbocycles. The molecule has 0 fully saturated rings. The van der Waals surface area contributed by atoms with E-state index in [2.05, 4.69) is 43.0 Å². The van der Waals surface area contributed by atoms with Gasteiger partial charge in [0, 0.05) is 23.3 Å². The number of rotatable bonds is 7. The Morgan fingerprint density at radius 2 is 1.95 bits per heavy atom. The lowest BCUT2D eigenvalue weighted by Crippen LogP contribution is -2.20. The number of thioether (sulfide) groups is 1. The summed E-state index contributed by atoms with van der Waals surface area (Å²) in [6.45, 7) is 11.0. The fourth-order valence-corrected chi connectivity index (χ4v) is 2.54. The first-order chi connectivity index (χ1) is 9.79. The zero-order valence-electron chi connectivity index (χ0n) is 13.6. The summed E-state index contributed by atoms with van der Waals surface area (Å²) >= 11 is 1.46. The molecule has 0 radical (unpaired) electrons. The Labute approximate surface area is 131 Å². The van der Waals surface area contributed by atoms with E-state index in [1.807, 2.05) is 6.92 Å². The van der Waals surface area contributed by atoms with Crippen molar-refractivity contribution in [2.75, 3.05) is 24.2 Å². The highest BCUT2D eigenvalue weighted by molar-refractivity contribution is 7.99. The van der Waals surface area contributed by atoms with Crippen molar-refractivity contribution in [3.05, 3.63) is 11.4 Å². The van der Waals surface area contributed by atoms with Crippen molar-refractivity contribution in [3.63, 3.8) is 0 Å². The third-order valence-corrected chi connectivity index (χ3v) is 4.16. The van der Waals surface area contributed by atoms with E-state index in [1.54, 1.807) is 0 Å². The number of anilines is 1. The van der Waals surface area contributed by atoms with E-state index < -0.39 is 6.10 Å². The van der Waals surface area contributed by atoms with E-state index >= 15 is 0 Å². The fraction of sp³-hybridized carbons (Fsp3) is 0.733. The van der Waals surface area contributed by atoms with Crippen LogP contribution < -0.4 is 5.32 Å². The molecule has 1 atom stereocenters. The molecule has 0 saturated heterocycles. The average Bonchev–Trinajstić information content (AvgIpc) is 2.43.